The van der Waals surface area contributed by atoms with Crippen LogP contribution in [0.25, 0.3) is 0 Å². The number of aryl methyl sites for hydroxylation is 1. The Kier molecular flexibility index (Phi) is 7.25. The van der Waals surface area contributed by atoms with E-state index in [2.05, 4.69) is 9.69 Å². The number of nitrogen functional groups attached to an aromatic ring is 1. The average molecular weight is 500 g/mol. The second kappa shape index (κ2) is 10.3. The lowest BCUT2D eigenvalue weighted by Gasteiger charge is -2.31. The summed E-state index contributed by atoms with van der Waals surface area (Å²) in [6.45, 7) is 2.89. The number of nitrogens with two attached hydrogens (primary N) is 2. The van der Waals surface area contributed by atoms with Crippen molar-refractivity contribution in [1.29, 1.82) is 0 Å². The number of hydrogen-bond acceptors (Lipinski definition) is 8. The van der Waals surface area contributed by atoms with Gasteiger partial charge >= 0.3 is 0 Å². The maximum Gasteiger partial charge on any atom is 0.273 e. The molecule has 3 aromatic rings. The van der Waals surface area contributed by atoms with Gasteiger partial charge in [0, 0.05) is 23.7 Å². The minimum atomic E-state index is -0.964. The van der Waals surface area contributed by atoms with Gasteiger partial charge in [0.25, 0.3) is 11.8 Å². The fourth-order valence-corrected chi connectivity index (χ4v) is 5.43. The molecule has 3 heterocycles. The molecule has 0 saturated carbocycles. The van der Waals surface area contributed by atoms with Crippen LogP contribution < -0.4 is 21.7 Å². The zero-order valence-electron chi connectivity index (χ0n) is 18.5. The molecule has 0 unspecified atom stereocenters. The second-order valence-corrected chi connectivity index (χ2v) is 9.65. The number of amides is 3. The van der Waals surface area contributed by atoms with Crippen LogP contribution in [0.4, 0.5) is 11.4 Å². The molecule has 1 saturated heterocycles. The van der Waals surface area contributed by atoms with Crippen molar-refractivity contribution < 1.29 is 19.1 Å². The van der Waals surface area contributed by atoms with Crippen LogP contribution in [0, 0.1) is 6.92 Å². The SMILES string of the molecule is Cc1ccccc1N(C(=O)c1snc(C(N)=O)c1N)[C@@H](C(=O)NC[C@H]1CCCO1)c1cccs1. The van der Waals surface area contributed by atoms with E-state index in [0.29, 0.717) is 23.7 Å². The summed E-state index contributed by atoms with van der Waals surface area (Å²) in [7, 11) is 0. The maximum atomic E-state index is 13.9. The van der Waals surface area contributed by atoms with E-state index in [1.165, 1.54) is 16.2 Å². The molecule has 0 aliphatic carbocycles. The Morgan fingerprint density at radius 2 is 2.06 bits per heavy atom. The van der Waals surface area contributed by atoms with Crippen LogP contribution in [-0.4, -0.2) is 41.4 Å². The van der Waals surface area contributed by atoms with Crippen molar-refractivity contribution in [3.05, 3.63) is 62.8 Å². The summed E-state index contributed by atoms with van der Waals surface area (Å²) < 4.78 is 9.61. The molecule has 5 N–H and O–H groups in total. The third kappa shape index (κ3) is 4.81. The van der Waals surface area contributed by atoms with Gasteiger partial charge in [0.2, 0.25) is 5.91 Å². The monoisotopic (exact) mass is 499 g/mol. The van der Waals surface area contributed by atoms with Gasteiger partial charge < -0.3 is 21.5 Å². The molecule has 11 heteroatoms. The highest BCUT2D eigenvalue weighted by atomic mass is 32.1. The van der Waals surface area contributed by atoms with Crippen LogP contribution in [-0.2, 0) is 9.53 Å². The van der Waals surface area contributed by atoms with Gasteiger partial charge in [0.1, 0.15) is 4.88 Å². The summed E-state index contributed by atoms with van der Waals surface area (Å²) in [6.07, 6.45) is 1.78. The Labute approximate surface area is 204 Å². The average Bonchev–Trinajstić information content (AvgIpc) is 3.58. The summed E-state index contributed by atoms with van der Waals surface area (Å²) in [5, 5.41) is 4.81. The Hall–Kier alpha value is -3.28. The van der Waals surface area contributed by atoms with E-state index < -0.39 is 17.9 Å². The first-order chi connectivity index (χ1) is 16.4. The highest BCUT2D eigenvalue weighted by molar-refractivity contribution is 7.10. The minimum Gasteiger partial charge on any atom is -0.395 e. The number of ether oxygens (including phenoxy) is 1. The molecule has 2 atom stereocenters. The summed E-state index contributed by atoms with van der Waals surface area (Å²) in [5.74, 6) is -1.70. The van der Waals surface area contributed by atoms with Crippen LogP contribution in [0.5, 0.6) is 0 Å². The topological polar surface area (TPSA) is 141 Å². The van der Waals surface area contributed by atoms with E-state index in [-0.39, 0.29) is 28.3 Å². The van der Waals surface area contributed by atoms with E-state index in [0.717, 1.165) is 29.9 Å². The molecule has 4 rings (SSSR count). The number of nitrogens with zero attached hydrogens (tertiary/aromatic N) is 2. The van der Waals surface area contributed by atoms with Gasteiger partial charge in [-0.05, 0) is 54.4 Å². The zero-order valence-corrected chi connectivity index (χ0v) is 20.2. The van der Waals surface area contributed by atoms with Gasteiger partial charge in [0.15, 0.2) is 11.7 Å². The number of carbonyl (C=O) groups is 3. The van der Waals surface area contributed by atoms with Crippen molar-refractivity contribution in [3.8, 4) is 0 Å². The number of benzene rings is 1. The van der Waals surface area contributed by atoms with Crippen LogP contribution >= 0.6 is 22.9 Å². The largest absolute Gasteiger partial charge is 0.395 e. The van der Waals surface area contributed by atoms with Gasteiger partial charge in [-0.1, -0.05) is 24.3 Å². The Morgan fingerprint density at radius 3 is 2.68 bits per heavy atom. The molecule has 1 fully saturated rings. The molecule has 1 aromatic carbocycles. The molecule has 178 valence electrons. The molecule has 0 radical (unpaired) electrons. The van der Waals surface area contributed by atoms with E-state index in [9.17, 15) is 14.4 Å². The predicted octanol–water partition coefficient (Wildman–Crippen LogP) is 2.88. The van der Waals surface area contributed by atoms with Crippen LogP contribution in [0.1, 0.15) is 49.5 Å². The van der Waals surface area contributed by atoms with Crippen molar-refractivity contribution in [1.82, 2.24) is 9.69 Å². The smallest absolute Gasteiger partial charge is 0.273 e. The van der Waals surface area contributed by atoms with E-state index in [4.69, 9.17) is 16.2 Å². The summed E-state index contributed by atoms with van der Waals surface area (Å²) in [6, 6.07) is 9.95. The molecule has 0 spiro atoms. The third-order valence-corrected chi connectivity index (χ3v) is 7.37. The van der Waals surface area contributed by atoms with E-state index in [1.807, 2.05) is 36.6 Å². The maximum absolute atomic E-state index is 13.9. The van der Waals surface area contributed by atoms with Crippen LogP contribution in [0.3, 0.4) is 0 Å². The summed E-state index contributed by atoms with van der Waals surface area (Å²) >= 11 is 2.16. The van der Waals surface area contributed by atoms with Crippen molar-refractivity contribution in [2.75, 3.05) is 23.8 Å². The Bertz CT molecular complexity index is 1190. The number of hydrogen-bond donors (Lipinski definition) is 3. The fraction of sp³-hybridized carbons (Fsp3) is 0.304. The van der Waals surface area contributed by atoms with Crippen molar-refractivity contribution >= 4 is 52.0 Å². The second-order valence-electron chi connectivity index (χ2n) is 7.90. The molecular formula is C23H25N5O4S2. The highest BCUT2D eigenvalue weighted by Gasteiger charge is 2.37. The first-order valence-corrected chi connectivity index (χ1v) is 12.4. The predicted molar refractivity (Wildman–Crippen MR) is 132 cm³/mol. The molecule has 34 heavy (non-hydrogen) atoms. The Morgan fingerprint density at radius 1 is 1.26 bits per heavy atom. The van der Waals surface area contributed by atoms with Gasteiger partial charge in [-0.15, -0.1) is 11.3 Å². The summed E-state index contributed by atoms with van der Waals surface area (Å²) in [4.78, 5) is 41.3. The standard InChI is InChI=1S/C23H25N5O4S2/c1-13-6-2-3-8-15(13)28(23(31)20-17(24)18(21(25)29)27-34-20)19(16-9-5-11-33-16)22(30)26-12-14-7-4-10-32-14/h2-3,5-6,8-9,11,14,19H,4,7,10,12,24H2,1H3,(H2,25,29)(H,26,30)/t14-,19-/m1/s1. The Balaban J connectivity index is 1.77. The number of thiophene rings is 1. The molecule has 1 aliphatic rings. The lowest BCUT2D eigenvalue weighted by atomic mass is 10.1. The van der Waals surface area contributed by atoms with Gasteiger partial charge in [0.05, 0.1) is 11.8 Å². The fourth-order valence-electron chi connectivity index (χ4n) is 3.87. The van der Waals surface area contributed by atoms with Crippen LogP contribution in [0.15, 0.2) is 41.8 Å². The van der Waals surface area contributed by atoms with Gasteiger partial charge in [-0.25, -0.2) is 0 Å². The lowest BCUT2D eigenvalue weighted by molar-refractivity contribution is -0.122. The van der Waals surface area contributed by atoms with Crippen molar-refractivity contribution in [3.63, 3.8) is 0 Å². The van der Waals surface area contributed by atoms with E-state index >= 15 is 0 Å². The third-order valence-electron chi connectivity index (χ3n) is 5.60. The zero-order chi connectivity index (χ0) is 24.2. The van der Waals surface area contributed by atoms with Gasteiger partial charge in [-0.2, -0.15) is 4.37 Å². The number of nitrogens with one attached hydrogen (secondary N) is 1. The number of carbonyl (C=O) groups excluding carboxylic acids is 3. The molecule has 1 aliphatic heterocycles. The molecule has 9 nitrogen and oxygen atoms in total. The molecule has 0 bridgehead atoms. The van der Waals surface area contributed by atoms with E-state index in [1.54, 1.807) is 12.1 Å². The molecule has 3 amide bonds. The summed E-state index contributed by atoms with van der Waals surface area (Å²) in [5.41, 5.74) is 12.5. The number of para-hydroxylation sites is 1. The number of primary amides is 1. The van der Waals surface area contributed by atoms with Gasteiger partial charge in [-0.3, -0.25) is 19.3 Å². The molecular weight excluding hydrogens is 474 g/mol. The highest BCUT2D eigenvalue weighted by Crippen LogP contribution is 2.36. The number of aromatic nitrogens is 1. The first-order valence-electron chi connectivity index (χ1n) is 10.7. The molecule has 2 aromatic heterocycles. The lowest BCUT2D eigenvalue weighted by Crippen LogP contribution is -2.45. The minimum absolute atomic E-state index is 0.0468. The number of anilines is 2. The number of rotatable bonds is 8. The van der Waals surface area contributed by atoms with Crippen LogP contribution in [0.2, 0.25) is 0 Å². The first kappa shape index (κ1) is 23.9. The van der Waals surface area contributed by atoms with Crippen molar-refractivity contribution in [2.45, 2.75) is 31.9 Å². The van der Waals surface area contributed by atoms with Crippen molar-refractivity contribution in [2.24, 2.45) is 5.73 Å². The quantitative estimate of drug-likeness (QED) is 0.435. The normalized spacial score (nSPS) is 16.2.